The van der Waals surface area contributed by atoms with Crippen LogP contribution < -0.4 is 5.32 Å². The first-order chi connectivity index (χ1) is 7.67. The predicted molar refractivity (Wildman–Crippen MR) is 65.4 cm³/mol. The third-order valence-corrected chi connectivity index (χ3v) is 3.67. The molecule has 0 aliphatic carbocycles. The first-order valence-corrected chi connectivity index (χ1v) is 6.42. The van der Waals surface area contributed by atoms with Gasteiger partial charge in [-0.25, -0.2) is 0 Å². The van der Waals surface area contributed by atoms with Crippen LogP contribution in [0.3, 0.4) is 0 Å². The van der Waals surface area contributed by atoms with Crippen molar-refractivity contribution in [1.29, 1.82) is 0 Å². The summed E-state index contributed by atoms with van der Waals surface area (Å²) < 4.78 is 0. The number of hydrogen-bond donors (Lipinski definition) is 3. The molecule has 0 saturated carbocycles. The van der Waals surface area contributed by atoms with Gasteiger partial charge in [0.1, 0.15) is 0 Å². The molecule has 2 atom stereocenters. The fourth-order valence-corrected chi connectivity index (χ4v) is 2.32. The van der Waals surface area contributed by atoms with Crippen molar-refractivity contribution in [2.24, 2.45) is 5.92 Å². The van der Waals surface area contributed by atoms with E-state index in [1.165, 1.54) is 25.9 Å². The molecule has 0 spiro atoms. The van der Waals surface area contributed by atoms with Crippen LogP contribution >= 0.6 is 0 Å². The molecule has 96 valence electrons. The van der Waals surface area contributed by atoms with E-state index in [0.29, 0.717) is 18.5 Å². The van der Waals surface area contributed by atoms with E-state index in [1.54, 1.807) is 0 Å². The number of nitrogens with zero attached hydrogens (tertiary/aromatic N) is 1. The highest BCUT2D eigenvalue weighted by atomic mass is 16.3. The van der Waals surface area contributed by atoms with E-state index < -0.39 is 6.10 Å². The Labute approximate surface area is 98.6 Å². The molecule has 4 nitrogen and oxygen atoms in total. The standard InChI is InChI=1S/C12H26N2O2/c1-3-14-6-4-11(5-7-14)10(2)13-8-12(16)9-15/h10-13,15-16H,3-9H2,1-2H3. The number of piperidine rings is 1. The maximum atomic E-state index is 9.26. The van der Waals surface area contributed by atoms with Gasteiger partial charge in [-0.2, -0.15) is 0 Å². The van der Waals surface area contributed by atoms with Gasteiger partial charge in [0.2, 0.25) is 0 Å². The lowest BCUT2D eigenvalue weighted by Crippen LogP contribution is -2.44. The highest BCUT2D eigenvalue weighted by Gasteiger charge is 2.23. The maximum absolute atomic E-state index is 9.26. The third-order valence-electron chi connectivity index (χ3n) is 3.67. The summed E-state index contributed by atoms with van der Waals surface area (Å²) in [6.07, 6.45) is 1.84. The summed E-state index contributed by atoms with van der Waals surface area (Å²) in [5.74, 6) is 0.702. The molecular weight excluding hydrogens is 204 g/mol. The zero-order chi connectivity index (χ0) is 12.0. The molecule has 0 bridgehead atoms. The summed E-state index contributed by atoms with van der Waals surface area (Å²) in [5.41, 5.74) is 0. The zero-order valence-electron chi connectivity index (χ0n) is 10.5. The van der Waals surface area contributed by atoms with Gasteiger partial charge in [0.15, 0.2) is 0 Å². The smallest absolute Gasteiger partial charge is 0.0895 e. The van der Waals surface area contributed by atoms with E-state index in [4.69, 9.17) is 5.11 Å². The lowest BCUT2D eigenvalue weighted by molar-refractivity contribution is 0.0868. The summed E-state index contributed by atoms with van der Waals surface area (Å²) in [4.78, 5) is 2.48. The molecule has 1 saturated heterocycles. The fraction of sp³-hybridized carbons (Fsp3) is 1.00. The van der Waals surface area contributed by atoms with Gasteiger partial charge in [0.05, 0.1) is 12.7 Å². The highest BCUT2D eigenvalue weighted by Crippen LogP contribution is 2.20. The second-order valence-electron chi connectivity index (χ2n) is 4.81. The lowest BCUT2D eigenvalue weighted by atomic mass is 9.90. The van der Waals surface area contributed by atoms with E-state index in [-0.39, 0.29) is 6.61 Å². The van der Waals surface area contributed by atoms with Crippen molar-refractivity contribution in [2.75, 3.05) is 32.8 Å². The Balaban J connectivity index is 2.20. The Morgan fingerprint density at radius 2 is 2.00 bits per heavy atom. The summed E-state index contributed by atoms with van der Waals surface area (Å²) >= 11 is 0. The van der Waals surface area contributed by atoms with Gasteiger partial charge in [-0.3, -0.25) is 0 Å². The molecule has 3 N–H and O–H groups in total. The summed E-state index contributed by atoms with van der Waals surface area (Å²) in [6, 6.07) is 0.431. The van der Waals surface area contributed by atoms with Crippen molar-refractivity contribution < 1.29 is 10.2 Å². The Kier molecular flexibility index (Phi) is 6.28. The molecule has 1 fully saturated rings. The first-order valence-electron chi connectivity index (χ1n) is 6.42. The van der Waals surface area contributed by atoms with Crippen LogP contribution in [0.5, 0.6) is 0 Å². The Morgan fingerprint density at radius 3 is 2.50 bits per heavy atom. The van der Waals surface area contributed by atoms with E-state index in [0.717, 1.165) is 6.54 Å². The minimum absolute atomic E-state index is 0.159. The molecular formula is C12H26N2O2. The first kappa shape index (κ1) is 13.9. The minimum atomic E-state index is -0.627. The molecule has 0 aromatic heterocycles. The second kappa shape index (κ2) is 7.22. The van der Waals surface area contributed by atoms with Crippen LogP contribution in [0.2, 0.25) is 0 Å². The molecule has 0 radical (unpaired) electrons. The van der Waals surface area contributed by atoms with Crippen molar-refractivity contribution >= 4 is 0 Å². The number of likely N-dealkylation sites (tertiary alicyclic amines) is 1. The highest BCUT2D eigenvalue weighted by molar-refractivity contribution is 4.79. The monoisotopic (exact) mass is 230 g/mol. The average Bonchev–Trinajstić information content (AvgIpc) is 2.35. The topological polar surface area (TPSA) is 55.7 Å². The summed E-state index contributed by atoms with van der Waals surface area (Å²) in [5, 5.41) is 21.3. The summed E-state index contributed by atoms with van der Waals surface area (Å²) in [6.45, 7) is 8.25. The number of rotatable bonds is 6. The SMILES string of the molecule is CCN1CCC(C(C)NCC(O)CO)CC1. The van der Waals surface area contributed by atoms with E-state index in [9.17, 15) is 5.11 Å². The Bertz CT molecular complexity index is 182. The molecule has 1 aliphatic heterocycles. The molecule has 0 aromatic carbocycles. The van der Waals surface area contributed by atoms with Gasteiger partial charge in [-0.05, 0) is 45.3 Å². The number of aliphatic hydroxyl groups excluding tert-OH is 2. The van der Waals surface area contributed by atoms with Gasteiger partial charge in [0.25, 0.3) is 0 Å². The normalized spacial score (nSPS) is 23.2. The van der Waals surface area contributed by atoms with Crippen LogP contribution in [0.4, 0.5) is 0 Å². The van der Waals surface area contributed by atoms with Crippen LogP contribution in [0.25, 0.3) is 0 Å². The molecule has 0 amide bonds. The molecule has 1 rings (SSSR count). The number of aliphatic hydroxyl groups is 2. The van der Waals surface area contributed by atoms with Crippen molar-refractivity contribution in [3.8, 4) is 0 Å². The number of nitrogens with one attached hydrogen (secondary N) is 1. The van der Waals surface area contributed by atoms with Crippen LogP contribution in [0, 0.1) is 5.92 Å². The van der Waals surface area contributed by atoms with Gasteiger partial charge >= 0.3 is 0 Å². The van der Waals surface area contributed by atoms with Gasteiger partial charge < -0.3 is 20.4 Å². The fourth-order valence-electron chi connectivity index (χ4n) is 2.32. The molecule has 1 aliphatic rings. The van der Waals surface area contributed by atoms with Crippen LogP contribution in [0.15, 0.2) is 0 Å². The average molecular weight is 230 g/mol. The predicted octanol–water partition coefficient (Wildman–Crippen LogP) is 0.0496. The second-order valence-corrected chi connectivity index (χ2v) is 4.81. The molecule has 1 heterocycles. The van der Waals surface area contributed by atoms with Crippen molar-refractivity contribution in [3.05, 3.63) is 0 Å². The lowest BCUT2D eigenvalue weighted by Gasteiger charge is -2.34. The number of hydrogen-bond acceptors (Lipinski definition) is 4. The van der Waals surface area contributed by atoms with Crippen molar-refractivity contribution in [1.82, 2.24) is 10.2 Å². The Morgan fingerprint density at radius 1 is 1.38 bits per heavy atom. The van der Waals surface area contributed by atoms with Gasteiger partial charge in [-0.1, -0.05) is 6.92 Å². The maximum Gasteiger partial charge on any atom is 0.0895 e. The third kappa shape index (κ3) is 4.37. The van der Waals surface area contributed by atoms with Gasteiger partial charge in [-0.15, -0.1) is 0 Å². The molecule has 0 aromatic rings. The minimum Gasteiger partial charge on any atom is -0.394 e. The van der Waals surface area contributed by atoms with Crippen LogP contribution in [0.1, 0.15) is 26.7 Å². The van der Waals surface area contributed by atoms with Crippen LogP contribution in [-0.4, -0.2) is 60.0 Å². The van der Waals surface area contributed by atoms with E-state index in [1.807, 2.05) is 0 Å². The summed E-state index contributed by atoms with van der Waals surface area (Å²) in [7, 11) is 0. The van der Waals surface area contributed by atoms with E-state index >= 15 is 0 Å². The Hall–Kier alpha value is -0.160. The molecule has 16 heavy (non-hydrogen) atoms. The quantitative estimate of drug-likeness (QED) is 0.603. The van der Waals surface area contributed by atoms with Crippen LogP contribution in [-0.2, 0) is 0 Å². The zero-order valence-corrected chi connectivity index (χ0v) is 10.5. The van der Waals surface area contributed by atoms with Gasteiger partial charge in [0, 0.05) is 12.6 Å². The molecule has 2 unspecified atom stereocenters. The van der Waals surface area contributed by atoms with Crippen molar-refractivity contribution in [3.63, 3.8) is 0 Å². The van der Waals surface area contributed by atoms with E-state index in [2.05, 4.69) is 24.1 Å². The van der Waals surface area contributed by atoms with Crippen molar-refractivity contribution in [2.45, 2.75) is 38.8 Å². The molecule has 4 heteroatoms. The largest absolute Gasteiger partial charge is 0.394 e.